The second kappa shape index (κ2) is 6.29. The van der Waals surface area contributed by atoms with Crippen LogP contribution < -0.4 is 14.8 Å². The van der Waals surface area contributed by atoms with Crippen molar-refractivity contribution < 1.29 is 13.2 Å². The molecule has 0 spiro atoms. The molecule has 3 rings (SSSR count). The Hall–Kier alpha value is -2.54. The van der Waals surface area contributed by atoms with Crippen molar-refractivity contribution in [2.45, 2.75) is 4.90 Å². The van der Waals surface area contributed by atoms with Crippen LogP contribution in [0.25, 0.3) is 0 Å². The van der Waals surface area contributed by atoms with Crippen molar-refractivity contribution in [1.82, 2.24) is 5.32 Å². The van der Waals surface area contributed by atoms with Crippen molar-refractivity contribution in [2.24, 2.45) is 4.99 Å². The molecule has 2 N–H and O–H groups in total. The summed E-state index contributed by atoms with van der Waals surface area (Å²) in [7, 11) is -2.14. The van der Waals surface area contributed by atoms with Crippen molar-refractivity contribution in [3.63, 3.8) is 0 Å². The van der Waals surface area contributed by atoms with Crippen LogP contribution in [0.4, 0.5) is 5.69 Å². The van der Waals surface area contributed by atoms with Crippen LogP contribution in [0.1, 0.15) is 5.56 Å². The maximum absolute atomic E-state index is 12.6. The van der Waals surface area contributed by atoms with Crippen molar-refractivity contribution in [3.8, 4) is 5.75 Å². The average molecular weight is 331 g/mol. The van der Waals surface area contributed by atoms with Gasteiger partial charge in [0, 0.05) is 12.1 Å². The van der Waals surface area contributed by atoms with E-state index in [1.165, 1.54) is 19.2 Å². The molecule has 0 atom stereocenters. The number of methoxy groups -OCH3 is 1. The summed E-state index contributed by atoms with van der Waals surface area (Å²) >= 11 is 0. The first kappa shape index (κ1) is 15.4. The number of anilines is 1. The Bertz CT molecular complexity index is 830. The predicted molar refractivity (Wildman–Crippen MR) is 89.7 cm³/mol. The Morgan fingerprint density at radius 1 is 1.13 bits per heavy atom. The molecule has 7 heteroatoms. The molecule has 0 aliphatic carbocycles. The van der Waals surface area contributed by atoms with Crippen molar-refractivity contribution in [2.75, 3.05) is 24.9 Å². The summed E-state index contributed by atoms with van der Waals surface area (Å²) in [6.07, 6.45) is 0. The van der Waals surface area contributed by atoms with E-state index < -0.39 is 10.0 Å². The summed E-state index contributed by atoms with van der Waals surface area (Å²) in [6.45, 7) is 1.45. The van der Waals surface area contributed by atoms with E-state index in [2.05, 4.69) is 15.0 Å². The molecule has 0 aromatic heterocycles. The van der Waals surface area contributed by atoms with E-state index in [0.717, 1.165) is 12.1 Å². The number of nitrogens with zero attached hydrogens (tertiary/aromatic N) is 1. The Balaban J connectivity index is 1.91. The van der Waals surface area contributed by atoms with Crippen molar-refractivity contribution in [1.29, 1.82) is 0 Å². The number of sulfonamides is 1. The van der Waals surface area contributed by atoms with Gasteiger partial charge in [0.15, 0.2) is 0 Å². The summed E-state index contributed by atoms with van der Waals surface area (Å²) in [5, 5.41) is 3.15. The lowest BCUT2D eigenvalue weighted by Gasteiger charge is -2.13. The molecule has 0 radical (unpaired) electrons. The molecule has 0 bridgehead atoms. The molecule has 1 aliphatic heterocycles. The van der Waals surface area contributed by atoms with Gasteiger partial charge in [0.1, 0.15) is 11.6 Å². The molecule has 1 aliphatic rings. The fourth-order valence-corrected chi connectivity index (χ4v) is 3.40. The van der Waals surface area contributed by atoms with E-state index in [0.29, 0.717) is 23.8 Å². The lowest BCUT2D eigenvalue weighted by atomic mass is 10.1. The summed E-state index contributed by atoms with van der Waals surface area (Å²) in [5.74, 6) is 1.31. The number of aliphatic imine (C=N–C) groups is 1. The molecule has 0 fully saturated rings. The van der Waals surface area contributed by atoms with Gasteiger partial charge in [0.25, 0.3) is 10.0 Å². The number of benzene rings is 2. The van der Waals surface area contributed by atoms with E-state index in [9.17, 15) is 8.42 Å². The molecule has 23 heavy (non-hydrogen) atoms. The summed E-state index contributed by atoms with van der Waals surface area (Å²) < 4.78 is 32.8. The Kier molecular flexibility index (Phi) is 4.20. The molecule has 6 nitrogen and oxygen atoms in total. The molecule has 0 saturated carbocycles. The minimum Gasteiger partial charge on any atom is -0.497 e. The Labute approximate surface area is 135 Å². The van der Waals surface area contributed by atoms with Gasteiger partial charge in [0.2, 0.25) is 0 Å². The Morgan fingerprint density at radius 3 is 2.52 bits per heavy atom. The molecule has 0 unspecified atom stereocenters. The predicted octanol–water partition coefficient (Wildman–Crippen LogP) is 1.85. The third kappa shape index (κ3) is 3.29. The van der Waals surface area contributed by atoms with Crippen LogP contribution in [0.2, 0.25) is 0 Å². The molecule has 2 aromatic rings. The van der Waals surface area contributed by atoms with Crippen LogP contribution in [-0.4, -0.2) is 34.5 Å². The molecule has 120 valence electrons. The lowest BCUT2D eigenvalue weighted by molar-refractivity contribution is 0.414. The van der Waals surface area contributed by atoms with Gasteiger partial charge in [-0.05, 0) is 36.4 Å². The molecule has 1 heterocycles. The van der Waals surface area contributed by atoms with Gasteiger partial charge in [-0.2, -0.15) is 0 Å². The maximum atomic E-state index is 12.6. The topological polar surface area (TPSA) is 79.8 Å². The first-order chi connectivity index (χ1) is 11.1. The van der Waals surface area contributed by atoms with Gasteiger partial charge in [-0.3, -0.25) is 9.71 Å². The summed E-state index contributed by atoms with van der Waals surface area (Å²) in [4.78, 5) is 4.52. The molecular weight excluding hydrogens is 314 g/mol. The zero-order chi connectivity index (χ0) is 16.3. The van der Waals surface area contributed by atoms with Crippen LogP contribution in [0.3, 0.4) is 0 Å². The summed E-state index contributed by atoms with van der Waals surface area (Å²) in [6, 6.07) is 13.4. The third-order valence-corrected chi connectivity index (χ3v) is 4.85. The SMILES string of the molecule is COc1ccc(S(=O)(=O)Nc2ccccc2C2=NCCN2)cc1. The average Bonchev–Trinajstić information content (AvgIpc) is 3.09. The molecule has 2 aromatic carbocycles. The quantitative estimate of drug-likeness (QED) is 0.876. The first-order valence-corrected chi connectivity index (χ1v) is 8.63. The second-order valence-corrected chi connectivity index (χ2v) is 6.67. The van der Waals surface area contributed by atoms with Crippen LogP contribution in [0, 0.1) is 0 Å². The van der Waals surface area contributed by atoms with Crippen molar-refractivity contribution in [3.05, 3.63) is 54.1 Å². The minimum absolute atomic E-state index is 0.175. The largest absolute Gasteiger partial charge is 0.497 e. The highest BCUT2D eigenvalue weighted by molar-refractivity contribution is 7.92. The molecule has 0 saturated heterocycles. The highest BCUT2D eigenvalue weighted by atomic mass is 32.2. The van der Waals surface area contributed by atoms with E-state index in [1.54, 1.807) is 24.3 Å². The highest BCUT2D eigenvalue weighted by Crippen LogP contribution is 2.22. The highest BCUT2D eigenvalue weighted by Gasteiger charge is 2.18. The fourth-order valence-electron chi connectivity index (χ4n) is 2.32. The van der Waals surface area contributed by atoms with E-state index in [4.69, 9.17) is 4.74 Å². The van der Waals surface area contributed by atoms with Gasteiger partial charge in [-0.1, -0.05) is 12.1 Å². The molecular formula is C16H17N3O3S. The number of hydrogen-bond acceptors (Lipinski definition) is 5. The molecule has 0 amide bonds. The van der Waals surface area contributed by atoms with Crippen LogP contribution in [-0.2, 0) is 10.0 Å². The van der Waals surface area contributed by atoms with Crippen LogP contribution >= 0.6 is 0 Å². The maximum Gasteiger partial charge on any atom is 0.261 e. The number of ether oxygens (including phenoxy) is 1. The monoisotopic (exact) mass is 331 g/mol. The minimum atomic E-state index is -3.68. The van der Waals surface area contributed by atoms with Gasteiger partial charge >= 0.3 is 0 Å². The van der Waals surface area contributed by atoms with E-state index >= 15 is 0 Å². The number of nitrogens with one attached hydrogen (secondary N) is 2. The fraction of sp³-hybridized carbons (Fsp3) is 0.188. The van der Waals surface area contributed by atoms with Crippen LogP contribution in [0.15, 0.2) is 58.4 Å². The van der Waals surface area contributed by atoms with E-state index in [1.807, 2.05) is 12.1 Å². The second-order valence-electron chi connectivity index (χ2n) is 4.98. The zero-order valence-electron chi connectivity index (χ0n) is 12.6. The van der Waals surface area contributed by atoms with Gasteiger partial charge in [-0.15, -0.1) is 0 Å². The van der Waals surface area contributed by atoms with Crippen LogP contribution in [0.5, 0.6) is 5.75 Å². The number of para-hydroxylation sites is 1. The van der Waals surface area contributed by atoms with Gasteiger partial charge in [0.05, 0.1) is 24.2 Å². The summed E-state index contributed by atoms with van der Waals surface area (Å²) in [5.41, 5.74) is 1.23. The first-order valence-electron chi connectivity index (χ1n) is 7.15. The number of rotatable bonds is 5. The zero-order valence-corrected chi connectivity index (χ0v) is 13.4. The third-order valence-electron chi connectivity index (χ3n) is 3.47. The standard InChI is InChI=1S/C16H17N3O3S/c1-22-12-6-8-13(9-7-12)23(20,21)19-15-5-3-2-4-14(15)16-17-10-11-18-16/h2-9,19H,10-11H2,1H3,(H,17,18). The number of hydrogen-bond donors (Lipinski definition) is 2. The van der Waals surface area contributed by atoms with Gasteiger partial charge < -0.3 is 10.1 Å². The van der Waals surface area contributed by atoms with Gasteiger partial charge in [-0.25, -0.2) is 8.42 Å². The van der Waals surface area contributed by atoms with E-state index in [-0.39, 0.29) is 4.90 Å². The van der Waals surface area contributed by atoms with Crippen molar-refractivity contribution >= 4 is 21.5 Å². The smallest absolute Gasteiger partial charge is 0.261 e. The lowest BCUT2D eigenvalue weighted by Crippen LogP contribution is -2.22. The Morgan fingerprint density at radius 2 is 1.87 bits per heavy atom. The normalized spacial score (nSPS) is 14.0. The number of amidine groups is 1.